The molecule has 122 valence electrons. The summed E-state index contributed by atoms with van der Waals surface area (Å²) in [6, 6.07) is 16.7. The minimum absolute atomic E-state index is 0.169. The molecule has 4 aromatic rings. The highest BCUT2D eigenvalue weighted by molar-refractivity contribution is 9.10. The van der Waals surface area contributed by atoms with Crippen molar-refractivity contribution in [3.8, 4) is 11.3 Å². The molecule has 0 amide bonds. The number of halogens is 1. The van der Waals surface area contributed by atoms with E-state index in [0.29, 0.717) is 5.65 Å². The Kier molecular flexibility index (Phi) is 3.21. The van der Waals surface area contributed by atoms with E-state index in [0.717, 1.165) is 27.1 Å². The zero-order chi connectivity index (χ0) is 17.2. The van der Waals surface area contributed by atoms with Gasteiger partial charge in [0.15, 0.2) is 5.65 Å². The molecule has 5 heteroatoms. The Bertz CT molecular complexity index is 1170. The lowest BCUT2D eigenvalue weighted by Gasteiger charge is -2.32. The summed E-state index contributed by atoms with van der Waals surface area (Å²) in [4.78, 5) is 15.6. The van der Waals surface area contributed by atoms with Gasteiger partial charge in [-0.05, 0) is 52.7 Å². The first-order valence-corrected chi connectivity index (χ1v) is 9.70. The maximum atomic E-state index is 4.94. The van der Waals surface area contributed by atoms with Gasteiger partial charge in [-0.15, -0.1) is 11.8 Å². The van der Waals surface area contributed by atoms with Crippen molar-refractivity contribution in [2.24, 2.45) is 0 Å². The van der Waals surface area contributed by atoms with Crippen LogP contribution >= 0.6 is 27.7 Å². The molecule has 25 heavy (non-hydrogen) atoms. The molecule has 5 rings (SSSR count). The van der Waals surface area contributed by atoms with Crippen molar-refractivity contribution in [2.45, 2.75) is 23.5 Å². The van der Waals surface area contributed by atoms with E-state index in [1.54, 1.807) is 0 Å². The van der Waals surface area contributed by atoms with Crippen LogP contribution in [0.4, 0.5) is 0 Å². The zero-order valence-electron chi connectivity index (χ0n) is 13.7. The van der Waals surface area contributed by atoms with Gasteiger partial charge in [-0.2, -0.15) is 0 Å². The summed E-state index contributed by atoms with van der Waals surface area (Å²) in [5.41, 5.74) is 4.64. The molecular weight excluding hydrogens is 394 g/mol. The summed E-state index contributed by atoms with van der Waals surface area (Å²) in [5, 5.41) is 2.53. The molecule has 0 unspecified atom stereocenters. The standard InChI is InChI=1S/C20H14BrN3S/c1-20(2)18-16(22-14-9-10-15(21)23-19(14)24-18)13-8-7-11-5-3-4-6-12(11)17(13)25-20/h3-10H,1-2H3. The second-order valence-corrected chi connectivity index (χ2v) is 9.12. The van der Waals surface area contributed by atoms with Crippen molar-refractivity contribution >= 4 is 49.6 Å². The molecule has 2 aromatic carbocycles. The normalized spacial score (nSPS) is 15.2. The minimum atomic E-state index is -0.169. The smallest absolute Gasteiger partial charge is 0.179 e. The molecule has 3 nitrogen and oxygen atoms in total. The van der Waals surface area contributed by atoms with Crippen molar-refractivity contribution in [2.75, 3.05) is 0 Å². The van der Waals surface area contributed by atoms with Gasteiger partial charge in [-0.25, -0.2) is 15.0 Å². The Morgan fingerprint density at radius 1 is 0.920 bits per heavy atom. The van der Waals surface area contributed by atoms with Gasteiger partial charge in [0.2, 0.25) is 0 Å². The van der Waals surface area contributed by atoms with Crippen molar-refractivity contribution in [1.82, 2.24) is 15.0 Å². The molecule has 0 saturated carbocycles. The summed E-state index contributed by atoms with van der Waals surface area (Å²) in [6.45, 7) is 4.42. The summed E-state index contributed by atoms with van der Waals surface area (Å²) < 4.78 is 0.611. The van der Waals surface area contributed by atoms with Gasteiger partial charge in [0.1, 0.15) is 10.1 Å². The molecular formula is C20H14BrN3S. The summed E-state index contributed by atoms with van der Waals surface area (Å²) in [5.74, 6) is 0. The van der Waals surface area contributed by atoms with Gasteiger partial charge >= 0.3 is 0 Å². The average Bonchev–Trinajstić information content (AvgIpc) is 2.60. The molecule has 0 atom stereocenters. The first kappa shape index (κ1) is 15.3. The number of aromatic nitrogens is 3. The number of thioether (sulfide) groups is 1. The lowest BCUT2D eigenvalue weighted by molar-refractivity contribution is 0.742. The first-order valence-electron chi connectivity index (χ1n) is 8.09. The van der Waals surface area contributed by atoms with Crippen LogP contribution in [-0.2, 0) is 4.75 Å². The van der Waals surface area contributed by atoms with Gasteiger partial charge in [0.05, 0.1) is 16.1 Å². The van der Waals surface area contributed by atoms with Crippen LogP contribution in [0.1, 0.15) is 19.5 Å². The fourth-order valence-corrected chi connectivity index (χ4v) is 4.99. The van der Waals surface area contributed by atoms with Crippen molar-refractivity contribution in [3.05, 3.63) is 58.8 Å². The van der Waals surface area contributed by atoms with Crippen LogP contribution < -0.4 is 0 Å². The Morgan fingerprint density at radius 2 is 1.76 bits per heavy atom. The summed E-state index contributed by atoms with van der Waals surface area (Å²) >= 11 is 5.28. The number of hydrogen-bond donors (Lipinski definition) is 0. The molecule has 2 aromatic heterocycles. The number of hydrogen-bond acceptors (Lipinski definition) is 4. The number of benzene rings is 2. The van der Waals surface area contributed by atoms with Crippen LogP contribution in [-0.4, -0.2) is 15.0 Å². The van der Waals surface area contributed by atoms with E-state index in [9.17, 15) is 0 Å². The van der Waals surface area contributed by atoms with Gasteiger partial charge in [0, 0.05) is 10.5 Å². The molecule has 1 aliphatic heterocycles. The van der Waals surface area contributed by atoms with Crippen molar-refractivity contribution in [3.63, 3.8) is 0 Å². The summed E-state index contributed by atoms with van der Waals surface area (Å²) in [7, 11) is 0. The molecule has 0 fully saturated rings. The molecule has 0 saturated heterocycles. The van der Waals surface area contributed by atoms with E-state index in [-0.39, 0.29) is 4.75 Å². The minimum Gasteiger partial charge on any atom is -0.242 e. The van der Waals surface area contributed by atoms with Crippen LogP contribution in [0.25, 0.3) is 33.2 Å². The Morgan fingerprint density at radius 3 is 2.64 bits per heavy atom. The number of rotatable bonds is 0. The van der Waals surface area contributed by atoms with E-state index < -0.39 is 0 Å². The van der Waals surface area contributed by atoms with E-state index in [2.05, 4.69) is 71.2 Å². The maximum Gasteiger partial charge on any atom is 0.179 e. The second-order valence-electron chi connectivity index (χ2n) is 6.67. The monoisotopic (exact) mass is 407 g/mol. The van der Waals surface area contributed by atoms with Gasteiger partial charge < -0.3 is 0 Å². The van der Waals surface area contributed by atoms with Crippen LogP contribution in [0.3, 0.4) is 0 Å². The molecule has 0 aliphatic carbocycles. The highest BCUT2D eigenvalue weighted by atomic mass is 79.9. The summed E-state index contributed by atoms with van der Waals surface area (Å²) in [6.07, 6.45) is 0. The predicted octanol–water partition coefficient (Wildman–Crippen LogP) is 5.95. The molecule has 0 N–H and O–H groups in total. The Balaban J connectivity index is 1.89. The zero-order valence-corrected chi connectivity index (χ0v) is 16.1. The van der Waals surface area contributed by atoms with Gasteiger partial charge in [-0.1, -0.05) is 36.4 Å². The SMILES string of the molecule is CC1(C)Sc2c(ccc3ccccc23)-c2nc3ccc(Br)nc3nc21. The quantitative estimate of drug-likeness (QED) is 0.337. The van der Waals surface area contributed by atoms with Gasteiger partial charge in [-0.3, -0.25) is 0 Å². The first-order chi connectivity index (χ1) is 12.0. The fraction of sp³-hybridized carbons (Fsp3) is 0.150. The number of fused-ring (bicyclic) bond motifs is 6. The van der Waals surface area contributed by atoms with E-state index in [1.165, 1.54) is 15.7 Å². The van der Waals surface area contributed by atoms with Crippen LogP contribution in [0.5, 0.6) is 0 Å². The van der Waals surface area contributed by atoms with E-state index >= 15 is 0 Å². The number of pyridine rings is 1. The van der Waals surface area contributed by atoms with Crippen LogP contribution in [0.2, 0.25) is 0 Å². The van der Waals surface area contributed by atoms with Crippen molar-refractivity contribution < 1.29 is 0 Å². The molecule has 3 heterocycles. The van der Waals surface area contributed by atoms with Crippen molar-refractivity contribution in [1.29, 1.82) is 0 Å². The topological polar surface area (TPSA) is 38.7 Å². The Hall–Kier alpha value is -1.98. The Labute approximate surface area is 158 Å². The maximum absolute atomic E-state index is 4.94. The lowest BCUT2D eigenvalue weighted by Crippen LogP contribution is -2.21. The average molecular weight is 408 g/mol. The highest BCUT2D eigenvalue weighted by Crippen LogP contribution is 2.53. The third kappa shape index (κ3) is 2.29. The molecule has 1 aliphatic rings. The molecule has 0 bridgehead atoms. The molecule has 0 radical (unpaired) electrons. The lowest BCUT2D eigenvalue weighted by atomic mass is 9.98. The fourth-order valence-electron chi connectivity index (χ4n) is 3.37. The largest absolute Gasteiger partial charge is 0.242 e. The van der Waals surface area contributed by atoms with Gasteiger partial charge in [0.25, 0.3) is 0 Å². The third-order valence-electron chi connectivity index (χ3n) is 4.56. The van der Waals surface area contributed by atoms with E-state index in [4.69, 9.17) is 9.97 Å². The third-order valence-corrected chi connectivity index (χ3v) is 6.35. The molecule has 0 spiro atoms. The highest BCUT2D eigenvalue weighted by Gasteiger charge is 2.35. The second kappa shape index (κ2) is 5.26. The predicted molar refractivity (Wildman–Crippen MR) is 107 cm³/mol. The van der Waals surface area contributed by atoms with E-state index in [1.807, 2.05) is 23.9 Å². The van der Waals surface area contributed by atoms with Crippen LogP contribution in [0.15, 0.2) is 58.0 Å². The number of nitrogens with zero attached hydrogens (tertiary/aromatic N) is 3. The van der Waals surface area contributed by atoms with Crippen LogP contribution in [0, 0.1) is 0 Å².